The van der Waals surface area contributed by atoms with E-state index in [9.17, 15) is 0 Å². The molecule has 0 saturated heterocycles. The molecule has 0 aliphatic heterocycles. The van der Waals surface area contributed by atoms with Crippen molar-refractivity contribution in [3.05, 3.63) is 29.3 Å². The van der Waals surface area contributed by atoms with E-state index in [4.69, 9.17) is 12.2 Å². The average Bonchev–Trinajstić information content (AvgIpc) is 2.22. The standard InChI is InChI=1S/C15H24N2S/c1-10-7-8-13(9-11(10)2)17-14(18)16-12(3)15(4,5)6/h7-9,12H,1-6H3,(H2,16,17,18). The Hall–Kier alpha value is -1.09. The van der Waals surface area contributed by atoms with Crippen LogP contribution in [0.2, 0.25) is 0 Å². The largest absolute Gasteiger partial charge is 0.359 e. The highest BCUT2D eigenvalue weighted by molar-refractivity contribution is 7.80. The van der Waals surface area contributed by atoms with Crippen LogP contribution in [0, 0.1) is 19.3 Å². The molecule has 1 unspecified atom stereocenters. The van der Waals surface area contributed by atoms with Crippen molar-refractivity contribution >= 4 is 23.0 Å². The monoisotopic (exact) mass is 264 g/mol. The highest BCUT2D eigenvalue weighted by Gasteiger charge is 2.20. The SMILES string of the molecule is Cc1ccc(NC(=S)NC(C)C(C)(C)C)cc1C. The van der Waals surface area contributed by atoms with Gasteiger partial charge in [-0.2, -0.15) is 0 Å². The second kappa shape index (κ2) is 5.70. The molecule has 0 amide bonds. The van der Waals surface area contributed by atoms with E-state index < -0.39 is 0 Å². The van der Waals surface area contributed by atoms with E-state index >= 15 is 0 Å². The second-order valence-corrected chi connectivity index (χ2v) is 6.39. The van der Waals surface area contributed by atoms with Gasteiger partial charge < -0.3 is 10.6 Å². The number of rotatable bonds is 2. The van der Waals surface area contributed by atoms with E-state index in [1.807, 2.05) is 0 Å². The lowest BCUT2D eigenvalue weighted by molar-refractivity contribution is 0.317. The third kappa shape index (κ3) is 4.30. The highest BCUT2D eigenvalue weighted by Crippen LogP contribution is 2.19. The smallest absolute Gasteiger partial charge is 0.171 e. The lowest BCUT2D eigenvalue weighted by atomic mass is 9.88. The van der Waals surface area contributed by atoms with Crippen molar-refractivity contribution in [1.82, 2.24) is 5.32 Å². The Morgan fingerprint density at radius 2 is 1.78 bits per heavy atom. The maximum atomic E-state index is 5.34. The van der Waals surface area contributed by atoms with Crippen LogP contribution in [-0.4, -0.2) is 11.2 Å². The quantitative estimate of drug-likeness (QED) is 0.789. The summed E-state index contributed by atoms with van der Waals surface area (Å²) in [4.78, 5) is 0. The van der Waals surface area contributed by atoms with Crippen LogP contribution in [0.25, 0.3) is 0 Å². The Morgan fingerprint density at radius 1 is 1.17 bits per heavy atom. The van der Waals surface area contributed by atoms with Gasteiger partial charge in [-0.25, -0.2) is 0 Å². The Bertz CT molecular complexity index is 433. The number of hydrogen-bond acceptors (Lipinski definition) is 1. The van der Waals surface area contributed by atoms with Gasteiger partial charge >= 0.3 is 0 Å². The number of nitrogens with one attached hydrogen (secondary N) is 2. The van der Waals surface area contributed by atoms with Crippen LogP contribution < -0.4 is 10.6 Å². The molecule has 0 heterocycles. The van der Waals surface area contributed by atoms with Gasteiger partial charge in [-0.1, -0.05) is 26.8 Å². The number of benzene rings is 1. The molecule has 0 aliphatic carbocycles. The fraction of sp³-hybridized carbons (Fsp3) is 0.533. The molecule has 18 heavy (non-hydrogen) atoms. The van der Waals surface area contributed by atoms with Crippen molar-refractivity contribution in [2.45, 2.75) is 47.6 Å². The Morgan fingerprint density at radius 3 is 2.28 bits per heavy atom. The van der Waals surface area contributed by atoms with Gasteiger partial charge in [-0.15, -0.1) is 0 Å². The van der Waals surface area contributed by atoms with Gasteiger partial charge in [0.15, 0.2) is 5.11 Å². The Labute approximate surface area is 116 Å². The van der Waals surface area contributed by atoms with Gasteiger partial charge in [-0.3, -0.25) is 0 Å². The van der Waals surface area contributed by atoms with E-state index in [2.05, 4.69) is 70.4 Å². The maximum Gasteiger partial charge on any atom is 0.171 e. The molecule has 0 radical (unpaired) electrons. The van der Waals surface area contributed by atoms with E-state index in [-0.39, 0.29) is 5.41 Å². The van der Waals surface area contributed by atoms with E-state index in [1.54, 1.807) is 0 Å². The fourth-order valence-corrected chi connectivity index (χ4v) is 1.69. The van der Waals surface area contributed by atoms with Crippen LogP contribution >= 0.6 is 12.2 Å². The van der Waals surface area contributed by atoms with Crippen molar-refractivity contribution in [2.24, 2.45) is 5.41 Å². The second-order valence-electron chi connectivity index (χ2n) is 5.99. The molecular formula is C15H24N2S. The van der Waals surface area contributed by atoms with E-state index in [0.29, 0.717) is 11.2 Å². The van der Waals surface area contributed by atoms with Crippen molar-refractivity contribution in [2.75, 3.05) is 5.32 Å². The van der Waals surface area contributed by atoms with Gasteiger partial charge in [0.05, 0.1) is 0 Å². The average molecular weight is 264 g/mol. The molecule has 1 atom stereocenters. The number of anilines is 1. The molecule has 0 fully saturated rings. The predicted octanol–water partition coefficient (Wildman–Crippen LogP) is 4.02. The zero-order chi connectivity index (χ0) is 13.9. The normalized spacial score (nSPS) is 13.0. The Kier molecular flexibility index (Phi) is 4.74. The van der Waals surface area contributed by atoms with Crippen LogP contribution in [0.4, 0.5) is 5.69 Å². The number of hydrogen-bond donors (Lipinski definition) is 2. The first-order valence-electron chi connectivity index (χ1n) is 6.35. The topological polar surface area (TPSA) is 24.1 Å². The summed E-state index contributed by atoms with van der Waals surface area (Å²) in [6.45, 7) is 13.0. The molecule has 1 aromatic rings. The van der Waals surface area contributed by atoms with Crippen LogP contribution in [0.15, 0.2) is 18.2 Å². The summed E-state index contributed by atoms with van der Waals surface area (Å²) in [7, 11) is 0. The summed E-state index contributed by atoms with van der Waals surface area (Å²) >= 11 is 5.34. The molecule has 2 nitrogen and oxygen atoms in total. The molecule has 2 N–H and O–H groups in total. The van der Waals surface area contributed by atoms with Gasteiger partial charge in [0.25, 0.3) is 0 Å². The minimum atomic E-state index is 0.189. The maximum absolute atomic E-state index is 5.34. The first-order chi connectivity index (χ1) is 8.20. The summed E-state index contributed by atoms with van der Waals surface area (Å²) in [6, 6.07) is 6.60. The lowest BCUT2D eigenvalue weighted by Crippen LogP contribution is -2.43. The summed E-state index contributed by atoms with van der Waals surface area (Å²) in [5, 5.41) is 7.24. The molecule has 0 saturated carbocycles. The Balaban J connectivity index is 2.62. The minimum absolute atomic E-state index is 0.189. The summed E-state index contributed by atoms with van der Waals surface area (Å²) in [5.74, 6) is 0. The zero-order valence-electron chi connectivity index (χ0n) is 12.2. The lowest BCUT2D eigenvalue weighted by Gasteiger charge is -2.29. The molecule has 0 aromatic heterocycles. The zero-order valence-corrected chi connectivity index (χ0v) is 13.0. The van der Waals surface area contributed by atoms with Crippen molar-refractivity contribution in [3.63, 3.8) is 0 Å². The summed E-state index contributed by atoms with van der Waals surface area (Å²) in [6.07, 6.45) is 0. The summed E-state index contributed by atoms with van der Waals surface area (Å²) < 4.78 is 0. The van der Waals surface area contributed by atoms with Crippen LogP contribution in [0.1, 0.15) is 38.8 Å². The summed E-state index contributed by atoms with van der Waals surface area (Å²) in [5.41, 5.74) is 3.79. The molecule has 3 heteroatoms. The first kappa shape index (κ1) is 15.0. The van der Waals surface area contributed by atoms with Crippen LogP contribution in [0.5, 0.6) is 0 Å². The molecule has 1 aromatic carbocycles. The van der Waals surface area contributed by atoms with Crippen LogP contribution in [-0.2, 0) is 0 Å². The van der Waals surface area contributed by atoms with Gasteiger partial charge in [-0.05, 0) is 61.7 Å². The first-order valence-corrected chi connectivity index (χ1v) is 6.76. The molecule has 0 bridgehead atoms. The van der Waals surface area contributed by atoms with E-state index in [1.165, 1.54) is 11.1 Å². The van der Waals surface area contributed by atoms with Gasteiger partial charge in [0.2, 0.25) is 0 Å². The number of aryl methyl sites for hydroxylation is 2. The predicted molar refractivity (Wildman–Crippen MR) is 84.2 cm³/mol. The molecule has 1 rings (SSSR count). The van der Waals surface area contributed by atoms with Crippen molar-refractivity contribution < 1.29 is 0 Å². The number of thiocarbonyl (C=S) groups is 1. The van der Waals surface area contributed by atoms with Crippen molar-refractivity contribution in [3.8, 4) is 0 Å². The van der Waals surface area contributed by atoms with Gasteiger partial charge in [0, 0.05) is 11.7 Å². The molecular weight excluding hydrogens is 240 g/mol. The van der Waals surface area contributed by atoms with E-state index in [0.717, 1.165) is 5.69 Å². The van der Waals surface area contributed by atoms with Gasteiger partial charge in [0.1, 0.15) is 0 Å². The molecule has 0 aliphatic rings. The third-order valence-electron chi connectivity index (χ3n) is 3.41. The van der Waals surface area contributed by atoms with Crippen molar-refractivity contribution in [1.29, 1.82) is 0 Å². The highest BCUT2D eigenvalue weighted by atomic mass is 32.1. The molecule has 0 spiro atoms. The fourth-order valence-electron chi connectivity index (χ4n) is 1.40. The minimum Gasteiger partial charge on any atom is -0.359 e. The molecule has 100 valence electrons. The third-order valence-corrected chi connectivity index (χ3v) is 3.63. The van der Waals surface area contributed by atoms with Crippen LogP contribution in [0.3, 0.4) is 0 Å².